The highest BCUT2D eigenvalue weighted by atomic mass is 16.7. The Morgan fingerprint density at radius 3 is 2.27 bits per heavy atom. The van der Waals surface area contributed by atoms with Crippen LogP contribution in [0.15, 0.2) is 36.4 Å². The molecule has 1 heterocycles. The zero-order valence-corrected chi connectivity index (χ0v) is 17.7. The standard InChI is InChI=1S/C22H24O11/c1-30-12-5-3-4-10(6-12)16(25)17(26)11-7-13(24)21(31-2)14(8-11)32-22-20(29)19(28)18(27)15(9-23)33-22/h3-8,15,18-20,22-24,27-29H,9H2,1-2H3/t15-,18-,19+,20-,22-/m1/s1. The van der Waals surface area contributed by atoms with Gasteiger partial charge in [0.25, 0.3) is 0 Å². The van der Waals surface area contributed by atoms with E-state index < -0.39 is 54.6 Å². The second-order valence-electron chi connectivity index (χ2n) is 7.23. The van der Waals surface area contributed by atoms with Crippen molar-refractivity contribution in [1.82, 2.24) is 0 Å². The molecule has 0 saturated carbocycles. The number of aliphatic hydroxyl groups is 4. The third-order valence-corrected chi connectivity index (χ3v) is 5.13. The lowest BCUT2D eigenvalue weighted by Crippen LogP contribution is -2.60. The molecule has 1 saturated heterocycles. The average Bonchev–Trinajstić information content (AvgIpc) is 2.83. The van der Waals surface area contributed by atoms with Crippen LogP contribution in [0.5, 0.6) is 23.0 Å². The molecule has 0 unspecified atom stereocenters. The molecule has 178 valence electrons. The summed E-state index contributed by atoms with van der Waals surface area (Å²) in [6, 6.07) is 8.07. The highest BCUT2D eigenvalue weighted by Gasteiger charge is 2.45. The normalized spacial score (nSPS) is 24.7. The van der Waals surface area contributed by atoms with Gasteiger partial charge in [-0.15, -0.1) is 0 Å². The number of ketones is 2. The molecule has 0 radical (unpaired) electrons. The van der Waals surface area contributed by atoms with Gasteiger partial charge in [-0.1, -0.05) is 12.1 Å². The van der Waals surface area contributed by atoms with Crippen molar-refractivity contribution in [3.05, 3.63) is 47.5 Å². The van der Waals surface area contributed by atoms with Gasteiger partial charge in [0.15, 0.2) is 11.5 Å². The maximum absolute atomic E-state index is 12.8. The lowest BCUT2D eigenvalue weighted by Gasteiger charge is -2.39. The van der Waals surface area contributed by atoms with Crippen LogP contribution in [0.3, 0.4) is 0 Å². The van der Waals surface area contributed by atoms with E-state index in [-0.39, 0.29) is 22.6 Å². The molecule has 0 spiro atoms. The predicted molar refractivity (Wildman–Crippen MR) is 111 cm³/mol. The third kappa shape index (κ3) is 4.92. The SMILES string of the molecule is COc1cccc(C(=O)C(=O)c2cc(O)c(OC)c(O[C@@H]3O[C@H](CO)[C@@H](O)[C@H](O)[C@H]3O)c2)c1. The van der Waals surface area contributed by atoms with Crippen molar-refractivity contribution in [3.8, 4) is 23.0 Å². The Hall–Kier alpha value is -3.22. The summed E-state index contributed by atoms with van der Waals surface area (Å²) in [5.74, 6) is -2.54. The first-order valence-corrected chi connectivity index (χ1v) is 9.83. The molecule has 0 aliphatic carbocycles. The molecule has 5 N–H and O–H groups in total. The van der Waals surface area contributed by atoms with E-state index in [4.69, 9.17) is 18.9 Å². The minimum Gasteiger partial charge on any atom is -0.504 e. The van der Waals surface area contributed by atoms with Crippen molar-refractivity contribution in [1.29, 1.82) is 0 Å². The summed E-state index contributed by atoms with van der Waals surface area (Å²) < 4.78 is 20.9. The van der Waals surface area contributed by atoms with Gasteiger partial charge in [0.1, 0.15) is 30.2 Å². The summed E-state index contributed by atoms with van der Waals surface area (Å²) in [4.78, 5) is 25.5. The zero-order valence-electron chi connectivity index (χ0n) is 17.7. The number of ether oxygens (including phenoxy) is 4. The van der Waals surface area contributed by atoms with Crippen LogP contribution in [-0.2, 0) is 4.74 Å². The third-order valence-electron chi connectivity index (χ3n) is 5.13. The van der Waals surface area contributed by atoms with E-state index in [1.165, 1.54) is 26.4 Å². The number of carbonyl (C=O) groups is 2. The fourth-order valence-corrected chi connectivity index (χ4v) is 3.33. The molecule has 1 aliphatic rings. The van der Waals surface area contributed by atoms with Gasteiger partial charge >= 0.3 is 0 Å². The molecule has 11 heteroatoms. The largest absolute Gasteiger partial charge is 0.504 e. The van der Waals surface area contributed by atoms with E-state index in [2.05, 4.69) is 0 Å². The van der Waals surface area contributed by atoms with E-state index >= 15 is 0 Å². The summed E-state index contributed by atoms with van der Waals surface area (Å²) in [6.45, 7) is -0.680. The van der Waals surface area contributed by atoms with Crippen LogP contribution in [0.2, 0.25) is 0 Å². The first-order valence-electron chi connectivity index (χ1n) is 9.83. The number of benzene rings is 2. The van der Waals surface area contributed by atoms with Crippen molar-refractivity contribution in [2.75, 3.05) is 20.8 Å². The van der Waals surface area contributed by atoms with E-state index in [1.54, 1.807) is 12.1 Å². The Morgan fingerprint density at radius 1 is 0.939 bits per heavy atom. The maximum atomic E-state index is 12.8. The number of Topliss-reactive ketones (excluding diaryl/α,β-unsaturated/α-hetero) is 2. The molecule has 0 amide bonds. The van der Waals surface area contributed by atoms with Crippen molar-refractivity contribution in [2.24, 2.45) is 0 Å². The molecule has 3 rings (SSSR count). The molecule has 1 fully saturated rings. The number of rotatable bonds is 8. The average molecular weight is 464 g/mol. The van der Waals surface area contributed by atoms with Crippen molar-refractivity contribution in [2.45, 2.75) is 30.7 Å². The number of hydrogen-bond acceptors (Lipinski definition) is 11. The highest BCUT2D eigenvalue weighted by molar-refractivity contribution is 6.49. The van der Waals surface area contributed by atoms with Crippen molar-refractivity contribution >= 4 is 11.6 Å². The summed E-state index contributed by atoms with van der Waals surface area (Å²) in [7, 11) is 2.62. The molecular formula is C22H24O11. The molecule has 33 heavy (non-hydrogen) atoms. The van der Waals surface area contributed by atoms with E-state index in [9.17, 15) is 35.1 Å². The summed E-state index contributed by atoms with van der Waals surface area (Å²) in [5, 5.41) is 49.7. The number of phenolic OH excluding ortho intramolecular Hbond substituents is 1. The molecule has 2 aromatic rings. The fraction of sp³-hybridized carbons (Fsp3) is 0.364. The van der Waals surface area contributed by atoms with Gasteiger partial charge in [0, 0.05) is 11.1 Å². The lowest BCUT2D eigenvalue weighted by atomic mass is 9.99. The van der Waals surface area contributed by atoms with Crippen LogP contribution in [0.25, 0.3) is 0 Å². The Labute approximate surface area is 188 Å². The summed E-state index contributed by atoms with van der Waals surface area (Å²) in [6.07, 6.45) is -7.90. The fourth-order valence-electron chi connectivity index (χ4n) is 3.33. The highest BCUT2D eigenvalue weighted by Crippen LogP contribution is 2.39. The number of phenols is 1. The van der Waals surface area contributed by atoms with E-state index in [1.807, 2.05) is 0 Å². The van der Waals surface area contributed by atoms with Crippen LogP contribution in [0, 0.1) is 0 Å². The minimum absolute atomic E-state index is 0.0612. The number of methoxy groups -OCH3 is 2. The molecule has 5 atom stereocenters. The van der Waals surface area contributed by atoms with Gasteiger partial charge in [-0.2, -0.15) is 0 Å². The van der Waals surface area contributed by atoms with Crippen LogP contribution < -0.4 is 14.2 Å². The van der Waals surface area contributed by atoms with E-state index in [0.717, 1.165) is 12.1 Å². The quantitative estimate of drug-likeness (QED) is 0.255. The Balaban J connectivity index is 1.92. The molecular weight excluding hydrogens is 440 g/mol. The Bertz CT molecular complexity index is 1020. The van der Waals surface area contributed by atoms with Gasteiger partial charge in [-0.05, 0) is 24.3 Å². The first-order chi connectivity index (χ1) is 15.7. The molecule has 11 nitrogen and oxygen atoms in total. The van der Waals surface area contributed by atoms with Crippen LogP contribution in [0.1, 0.15) is 20.7 Å². The second kappa shape index (κ2) is 10.1. The number of aliphatic hydroxyl groups excluding tert-OH is 4. The predicted octanol–water partition coefficient (Wildman–Crippen LogP) is -0.346. The molecule has 1 aliphatic heterocycles. The number of carbonyl (C=O) groups excluding carboxylic acids is 2. The van der Waals surface area contributed by atoms with E-state index in [0.29, 0.717) is 5.75 Å². The van der Waals surface area contributed by atoms with Gasteiger partial charge in [-0.25, -0.2) is 0 Å². The summed E-state index contributed by atoms with van der Waals surface area (Å²) in [5.41, 5.74) is -0.188. The van der Waals surface area contributed by atoms with Crippen molar-refractivity contribution < 1.29 is 54.1 Å². The topological polar surface area (TPSA) is 172 Å². The zero-order chi connectivity index (χ0) is 24.3. The molecule has 2 aromatic carbocycles. The van der Waals surface area contributed by atoms with Crippen LogP contribution in [-0.4, -0.2) is 88.6 Å². The number of hydrogen-bond donors (Lipinski definition) is 5. The van der Waals surface area contributed by atoms with Crippen molar-refractivity contribution in [3.63, 3.8) is 0 Å². The lowest BCUT2D eigenvalue weighted by molar-refractivity contribution is -0.277. The smallest absolute Gasteiger partial charge is 0.233 e. The maximum Gasteiger partial charge on any atom is 0.233 e. The van der Waals surface area contributed by atoms with Gasteiger partial charge in [0.05, 0.1) is 20.8 Å². The Kier molecular flexibility index (Phi) is 7.51. The second-order valence-corrected chi connectivity index (χ2v) is 7.23. The molecule has 0 bridgehead atoms. The first kappa shape index (κ1) is 24.4. The van der Waals surface area contributed by atoms with Gasteiger partial charge in [-0.3, -0.25) is 9.59 Å². The number of aromatic hydroxyl groups is 1. The van der Waals surface area contributed by atoms with Gasteiger partial charge in [0.2, 0.25) is 23.6 Å². The summed E-state index contributed by atoms with van der Waals surface area (Å²) >= 11 is 0. The monoisotopic (exact) mass is 464 g/mol. The molecule has 0 aromatic heterocycles. The van der Waals surface area contributed by atoms with Gasteiger partial charge < -0.3 is 44.5 Å². The van der Waals surface area contributed by atoms with Crippen LogP contribution in [0.4, 0.5) is 0 Å². The Morgan fingerprint density at radius 2 is 1.64 bits per heavy atom. The van der Waals surface area contributed by atoms with Crippen LogP contribution >= 0.6 is 0 Å². The minimum atomic E-state index is -1.74.